The molecule has 1 fully saturated rings. The fraction of sp³-hybridized carbons (Fsp3) is 0.444. The maximum atomic E-state index is 12.3. The minimum Gasteiger partial charge on any atom is -0.352 e. The molecule has 1 atom stereocenters. The van der Waals surface area contributed by atoms with Crippen LogP contribution in [-0.2, 0) is 6.54 Å². The van der Waals surface area contributed by atoms with Gasteiger partial charge in [0.05, 0.1) is 17.0 Å². The van der Waals surface area contributed by atoms with Crippen molar-refractivity contribution < 1.29 is 4.79 Å². The zero-order valence-electron chi connectivity index (χ0n) is 14.2. The molecule has 1 saturated heterocycles. The Morgan fingerprint density at radius 3 is 2.96 bits per heavy atom. The Bertz CT molecular complexity index is 704. The minimum atomic E-state index is -0.0873. The average molecular weight is 325 g/mol. The van der Waals surface area contributed by atoms with E-state index in [1.165, 1.54) is 0 Å². The van der Waals surface area contributed by atoms with Gasteiger partial charge in [0.2, 0.25) is 0 Å². The molecule has 0 aromatic carbocycles. The lowest BCUT2D eigenvalue weighted by molar-refractivity contribution is 0.0945. The van der Waals surface area contributed by atoms with Crippen LogP contribution >= 0.6 is 0 Å². The second kappa shape index (κ2) is 7.49. The van der Waals surface area contributed by atoms with Crippen LogP contribution in [0.4, 0.5) is 0 Å². The smallest absolute Gasteiger partial charge is 0.254 e. The van der Waals surface area contributed by atoms with E-state index in [1.807, 2.05) is 32.2 Å². The summed E-state index contributed by atoms with van der Waals surface area (Å²) in [5, 5.41) is 3.02. The van der Waals surface area contributed by atoms with Crippen molar-refractivity contribution in [2.45, 2.75) is 26.8 Å². The van der Waals surface area contributed by atoms with Crippen molar-refractivity contribution in [2.24, 2.45) is 5.92 Å². The minimum absolute atomic E-state index is 0.0873. The zero-order valence-corrected chi connectivity index (χ0v) is 14.2. The third-order valence-electron chi connectivity index (χ3n) is 4.38. The van der Waals surface area contributed by atoms with E-state index in [0.717, 1.165) is 37.4 Å². The first-order valence-corrected chi connectivity index (χ1v) is 8.32. The number of nitrogens with zero attached hydrogens (tertiary/aromatic N) is 4. The van der Waals surface area contributed by atoms with Crippen molar-refractivity contribution in [3.05, 3.63) is 53.4 Å². The average Bonchev–Trinajstić information content (AvgIpc) is 3.01. The summed E-state index contributed by atoms with van der Waals surface area (Å²) < 4.78 is 0. The lowest BCUT2D eigenvalue weighted by Gasteiger charge is -2.16. The van der Waals surface area contributed by atoms with Gasteiger partial charge in [-0.1, -0.05) is 6.07 Å². The van der Waals surface area contributed by atoms with E-state index in [2.05, 4.69) is 31.2 Å². The molecule has 0 bridgehead atoms. The standard InChI is InChI=1S/C18H23N5O/c1-13-17(10-20-14(2)22-13)18(24)21-9-15-6-8-23(11-15)12-16-5-3-4-7-19-16/h3-5,7,10,15H,6,8-9,11-12H2,1-2H3,(H,21,24). The molecule has 0 radical (unpaired) electrons. The predicted molar refractivity (Wildman–Crippen MR) is 91.5 cm³/mol. The summed E-state index contributed by atoms with van der Waals surface area (Å²) in [6, 6.07) is 6.00. The van der Waals surface area contributed by atoms with Crippen LogP contribution in [0, 0.1) is 19.8 Å². The van der Waals surface area contributed by atoms with Gasteiger partial charge in [-0.2, -0.15) is 0 Å². The van der Waals surface area contributed by atoms with E-state index in [1.54, 1.807) is 6.20 Å². The lowest BCUT2D eigenvalue weighted by Crippen LogP contribution is -2.31. The number of aryl methyl sites for hydroxylation is 2. The Hall–Kier alpha value is -2.34. The second-order valence-electron chi connectivity index (χ2n) is 6.34. The molecule has 1 aliphatic heterocycles. The zero-order chi connectivity index (χ0) is 16.9. The van der Waals surface area contributed by atoms with Crippen LogP contribution in [0.3, 0.4) is 0 Å². The van der Waals surface area contributed by atoms with Gasteiger partial charge in [0.25, 0.3) is 5.91 Å². The van der Waals surface area contributed by atoms with Crippen LogP contribution in [0.2, 0.25) is 0 Å². The Kier molecular flexibility index (Phi) is 5.15. The van der Waals surface area contributed by atoms with E-state index in [0.29, 0.717) is 23.9 Å². The molecule has 0 spiro atoms. The van der Waals surface area contributed by atoms with Crippen LogP contribution < -0.4 is 5.32 Å². The fourth-order valence-electron chi connectivity index (χ4n) is 3.08. The van der Waals surface area contributed by atoms with E-state index >= 15 is 0 Å². The predicted octanol–water partition coefficient (Wildman–Crippen LogP) is 1.74. The van der Waals surface area contributed by atoms with E-state index in [9.17, 15) is 4.79 Å². The SMILES string of the molecule is Cc1ncc(C(=O)NCC2CCN(Cc3ccccn3)C2)c(C)n1. The van der Waals surface area contributed by atoms with Crippen molar-refractivity contribution in [2.75, 3.05) is 19.6 Å². The number of nitrogens with one attached hydrogen (secondary N) is 1. The van der Waals surface area contributed by atoms with Crippen LogP contribution in [0.25, 0.3) is 0 Å². The fourth-order valence-corrected chi connectivity index (χ4v) is 3.08. The number of likely N-dealkylation sites (tertiary alicyclic amines) is 1. The molecular formula is C18H23N5O. The third kappa shape index (κ3) is 4.14. The van der Waals surface area contributed by atoms with Gasteiger partial charge in [-0.3, -0.25) is 14.7 Å². The van der Waals surface area contributed by atoms with Crippen LogP contribution in [0.1, 0.15) is 34.0 Å². The molecule has 1 N–H and O–H groups in total. The Labute approximate surface area is 142 Å². The molecular weight excluding hydrogens is 302 g/mol. The first-order chi connectivity index (χ1) is 11.6. The van der Waals surface area contributed by atoms with Gasteiger partial charge in [0, 0.05) is 32.0 Å². The van der Waals surface area contributed by atoms with E-state index in [-0.39, 0.29) is 5.91 Å². The van der Waals surface area contributed by atoms with Crippen LogP contribution in [-0.4, -0.2) is 45.4 Å². The first-order valence-electron chi connectivity index (χ1n) is 8.32. The highest BCUT2D eigenvalue weighted by Crippen LogP contribution is 2.17. The van der Waals surface area contributed by atoms with E-state index < -0.39 is 0 Å². The number of hydrogen-bond donors (Lipinski definition) is 1. The quantitative estimate of drug-likeness (QED) is 0.907. The molecule has 6 heteroatoms. The molecule has 1 unspecified atom stereocenters. The van der Waals surface area contributed by atoms with Crippen molar-refractivity contribution in [3.8, 4) is 0 Å². The largest absolute Gasteiger partial charge is 0.352 e. The lowest BCUT2D eigenvalue weighted by atomic mass is 10.1. The van der Waals surface area contributed by atoms with E-state index in [4.69, 9.17) is 0 Å². The van der Waals surface area contributed by atoms with Gasteiger partial charge in [-0.25, -0.2) is 9.97 Å². The summed E-state index contributed by atoms with van der Waals surface area (Å²) in [6.07, 6.45) is 4.53. The summed E-state index contributed by atoms with van der Waals surface area (Å²) >= 11 is 0. The summed E-state index contributed by atoms with van der Waals surface area (Å²) in [5.74, 6) is 1.07. The molecule has 126 valence electrons. The Morgan fingerprint density at radius 1 is 1.33 bits per heavy atom. The van der Waals surface area contributed by atoms with Crippen LogP contribution in [0.15, 0.2) is 30.6 Å². The van der Waals surface area contributed by atoms with Gasteiger partial charge >= 0.3 is 0 Å². The molecule has 3 rings (SSSR count). The van der Waals surface area contributed by atoms with Gasteiger partial charge in [-0.15, -0.1) is 0 Å². The first kappa shape index (κ1) is 16.5. The normalized spacial score (nSPS) is 17.8. The van der Waals surface area contributed by atoms with Gasteiger partial charge in [0.1, 0.15) is 5.82 Å². The molecule has 0 aliphatic carbocycles. The number of aromatic nitrogens is 3. The second-order valence-corrected chi connectivity index (χ2v) is 6.34. The molecule has 1 amide bonds. The van der Waals surface area contributed by atoms with Crippen molar-refractivity contribution in [1.29, 1.82) is 0 Å². The monoisotopic (exact) mass is 325 g/mol. The number of carbonyl (C=O) groups is 1. The van der Waals surface area contributed by atoms with Gasteiger partial charge < -0.3 is 5.32 Å². The summed E-state index contributed by atoms with van der Waals surface area (Å²) in [7, 11) is 0. The topological polar surface area (TPSA) is 71.0 Å². The number of carbonyl (C=O) groups excluding carboxylic acids is 1. The maximum Gasteiger partial charge on any atom is 0.254 e. The molecule has 2 aromatic heterocycles. The molecule has 6 nitrogen and oxygen atoms in total. The van der Waals surface area contributed by atoms with Gasteiger partial charge in [0.15, 0.2) is 0 Å². The number of hydrogen-bond acceptors (Lipinski definition) is 5. The van der Waals surface area contributed by atoms with Gasteiger partial charge in [-0.05, 0) is 44.9 Å². The summed E-state index contributed by atoms with van der Waals surface area (Å²) in [5.41, 5.74) is 2.38. The number of pyridine rings is 1. The van der Waals surface area contributed by atoms with Crippen LogP contribution in [0.5, 0.6) is 0 Å². The number of amides is 1. The highest BCUT2D eigenvalue weighted by atomic mass is 16.1. The maximum absolute atomic E-state index is 12.3. The molecule has 0 saturated carbocycles. The number of rotatable bonds is 5. The van der Waals surface area contributed by atoms with Crippen molar-refractivity contribution >= 4 is 5.91 Å². The highest BCUT2D eigenvalue weighted by Gasteiger charge is 2.23. The van der Waals surface area contributed by atoms with Crippen molar-refractivity contribution in [3.63, 3.8) is 0 Å². The van der Waals surface area contributed by atoms with Crippen molar-refractivity contribution in [1.82, 2.24) is 25.2 Å². The molecule has 1 aliphatic rings. The third-order valence-corrected chi connectivity index (χ3v) is 4.38. The highest BCUT2D eigenvalue weighted by molar-refractivity contribution is 5.94. The summed E-state index contributed by atoms with van der Waals surface area (Å²) in [6.45, 7) is 7.25. The summed E-state index contributed by atoms with van der Waals surface area (Å²) in [4.78, 5) is 27.4. The Morgan fingerprint density at radius 2 is 2.21 bits per heavy atom. The molecule has 2 aromatic rings. The molecule has 24 heavy (non-hydrogen) atoms. The molecule has 3 heterocycles. The Balaban J connectivity index is 1.48.